The van der Waals surface area contributed by atoms with Gasteiger partial charge in [-0.05, 0) is 12.1 Å². The second-order valence-electron chi connectivity index (χ2n) is 2.91. The first-order valence-electron chi connectivity index (χ1n) is 4.23. The van der Waals surface area contributed by atoms with Crippen LogP contribution in [-0.4, -0.2) is 18.4 Å². The van der Waals surface area contributed by atoms with Crippen molar-refractivity contribution in [3.8, 4) is 0 Å². The van der Waals surface area contributed by atoms with E-state index in [-0.39, 0.29) is 13.8 Å². The molecule has 0 saturated heterocycles. The fraction of sp³-hybridized carbons (Fsp3) is 0. The number of rotatable bonds is 3. The lowest BCUT2D eigenvalue weighted by Crippen LogP contribution is -2.11. The van der Waals surface area contributed by atoms with Gasteiger partial charge in [0.15, 0.2) is 8.68 Å². The number of aromatic nitrogens is 2. The summed E-state index contributed by atoms with van der Waals surface area (Å²) in [5.74, 6) is 0. The van der Waals surface area contributed by atoms with Crippen LogP contribution in [0.5, 0.6) is 0 Å². The lowest BCUT2D eigenvalue weighted by molar-refractivity contribution is 0.603. The third kappa shape index (κ3) is 3.06. The number of hydrogen-bond donors (Lipinski definition) is 1. The summed E-state index contributed by atoms with van der Waals surface area (Å²) < 4.78 is 26.2. The van der Waals surface area contributed by atoms with Gasteiger partial charge in [0.25, 0.3) is 10.0 Å². The van der Waals surface area contributed by atoms with Crippen LogP contribution in [0, 0.1) is 0 Å². The summed E-state index contributed by atoms with van der Waals surface area (Å²) in [6, 6.07) is 2.99. The Bertz CT molecular complexity index is 624. The van der Waals surface area contributed by atoms with Gasteiger partial charge in [-0.25, -0.2) is 18.4 Å². The molecule has 0 aliphatic heterocycles. The van der Waals surface area contributed by atoms with Crippen LogP contribution in [0.2, 0.25) is 9.62 Å². The molecule has 0 unspecified atom stereocenters. The largest absolute Gasteiger partial charge is 0.277 e. The Hall–Kier alpha value is -0.890. The highest BCUT2D eigenvalue weighted by Gasteiger charge is 2.17. The average molecular weight is 310 g/mol. The average Bonchev–Trinajstić information content (AvgIpc) is 2.69. The number of halogens is 2. The summed E-state index contributed by atoms with van der Waals surface area (Å²) in [6.07, 6.45) is 2.52. The van der Waals surface area contributed by atoms with Gasteiger partial charge in [0, 0.05) is 0 Å². The van der Waals surface area contributed by atoms with Gasteiger partial charge in [0.05, 0.1) is 18.1 Å². The van der Waals surface area contributed by atoms with Crippen molar-refractivity contribution in [1.82, 2.24) is 9.97 Å². The smallest absolute Gasteiger partial charge is 0.273 e. The molecule has 2 aromatic rings. The van der Waals surface area contributed by atoms with E-state index in [0.717, 1.165) is 11.3 Å². The first-order valence-corrected chi connectivity index (χ1v) is 7.29. The van der Waals surface area contributed by atoms with E-state index in [0.29, 0.717) is 5.69 Å². The molecular formula is C8H5Cl2N3O2S2. The van der Waals surface area contributed by atoms with E-state index in [1.807, 2.05) is 0 Å². The van der Waals surface area contributed by atoms with Crippen molar-refractivity contribution in [3.05, 3.63) is 34.1 Å². The Morgan fingerprint density at radius 3 is 2.47 bits per heavy atom. The van der Waals surface area contributed by atoms with Crippen LogP contribution in [0.25, 0.3) is 0 Å². The predicted octanol–water partition coefficient (Wildman–Crippen LogP) is 2.65. The number of nitrogens with zero attached hydrogens (tertiary/aromatic N) is 2. The predicted molar refractivity (Wildman–Crippen MR) is 67.2 cm³/mol. The van der Waals surface area contributed by atoms with Gasteiger partial charge in [-0.2, -0.15) is 0 Å². The third-order valence-corrected chi connectivity index (χ3v) is 4.88. The van der Waals surface area contributed by atoms with E-state index < -0.39 is 10.0 Å². The molecule has 0 radical (unpaired) electrons. The Balaban J connectivity index is 2.26. The van der Waals surface area contributed by atoms with Crippen LogP contribution in [0.4, 0.5) is 5.69 Å². The minimum Gasteiger partial charge on any atom is -0.277 e. The van der Waals surface area contributed by atoms with E-state index in [1.165, 1.54) is 24.5 Å². The number of nitrogens with one attached hydrogen (secondary N) is 1. The van der Waals surface area contributed by atoms with Crippen molar-refractivity contribution >= 4 is 50.2 Å². The number of pyridine rings is 1. The maximum Gasteiger partial charge on any atom is 0.273 e. The Kier molecular flexibility index (Phi) is 3.53. The Morgan fingerprint density at radius 1 is 1.18 bits per heavy atom. The SMILES string of the molecule is O=S(=O)(Nc1ccc(Cl)nc1)c1cnc(Cl)s1. The number of anilines is 1. The minimum absolute atomic E-state index is 0.0393. The van der Waals surface area contributed by atoms with Crippen molar-refractivity contribution in [1.29, 1.82) is 0 Å². The highest BCUT2D eigenvalue weighted by Crippen LogP contribution is 2.24. The third-order valence-electron chi connectivity index (χ3n) is 1.70. The zero-order valence-corrected chi connectivity index (χ0v) is 11.2. The molecule has 2 rings (SSSR count). The summed E-state index contributed by atoms with van der Waals surface area (Å²) in [4.78, 5) is 7.43. The molecule has 2 aromatic heterocycles. The molecule has 0 fully saturated rings. The van der Waals surface area contributed by atoms with Crippen LogP contribution in [0.15, 0.2) is 28.7 Å². The summed E-state index contributed by atoms with van der Waals surface area (Å²) in [6.45, 7) is 0. The highest BCUT2D eigenvalue weighted by atomic mass is 35.5. The number of thiazole rings is 1. The molecule has 9 heteroatoms. The molecule has 0 aromatic carbocycles. The maximum absolute atomic E-state index is 11.8. The molecule has 0 saturated carbocycles. The molecule has 0 amide bonds. The van der Waals surface area contributed by atoms with Gasteiger partial charge < -0.3 is 0 Å². The molecule has 0 aliphatic carbocycles. The number of hydrogen-bond acceptors (Lipinski definition) is 5. The second kappa shape index (κ2) is 4.77. The fourth-order valence-corrected chi connectivity index (χ4v) is 3.45. The Labute approximate surface area is 111 Å². The van der Waals surface area contributed by atoms with Crippen molar-refractivity contribution in [2.24, 2.45) is 0 Å². The zero-order valence-electron chi connectivity index (χ0n) is 8.09. The topological polar surface area (TPSA) is 72.0 Å². The first kappa shape index (κ1) is 12.6. The molecule has 0 atom stereocenters. The quantitative estimate of drug-likeness (QED) is 0.885. The molecule has 0 spiro atoms. The van der Waals surface area contributed by atoms with Gasteiger partial charge in [-0.3, -0.25) is 4.72 Å². The fourth-order valence-electron chi connectivity index (χ4n) is 1.01. The standard InChI is InChI=1S/C8H5Cl2N3O2S2/c9-6-2-1-5(3-11-6)13-17(14,15)7-4-12-8(10)16-7/h1-4,13H. The normalized spacial score (nSPS) is 11.4. The summed E-state index contributed by atoms with van der Waals surface area (Å²) in [5.41, 5.74) is 0.318. The molecule has 1 N–H and O–H groups in total. The lowest BCUT2D eigenvalue weighted by Gasteiger charge is -2.04. The van der Waals surface area contributed by atoms with Crippen molar-refractivity contribution in [2.75, 3.05) is 4.72 Å². The molecule has 17 heavy (non-hydrogen) atoms. The lowest BCUT2D eigenvalue weighted by atomic mass is 10.4. The Morgan fingerprint density at radius 2 is 1.94 bits per heavy atom. The molecule has 0 bridgehead atoms. The van der Waals surface area contributed by atoms with Crippen LogP contribution in [0.3, 0.4) is 0 Å². The highest BCUT2D eigenvalue weighted by molar-refractivity contribution is 7.94. The van der Waals surface area contributed by atoms with E-state index in [4.69, 9.17) is 23.2 Å². The van der Waals surface area contributed by atoms with Gasteiger partial charge in [-0.15, -0.1) is 0 Å². The maximum atomic E-state index is 11.8. The summed E-state index contributed by atoms with van der Waals surface area (Å²) in [5, 5.41) is 0.286. The summed E-state index contributed by atoms with van der Waals surface area (Å²) >= 11 is 12.0. The summed E-state index contributed by atoms with van der Waals surface area (Å²) in [7, 11) is -3.67. The van der Waals surface area contributed by atoms with Gasteiger partial charge in [-0.1, -0.05) is 34.5 Å². The van der Waals surface area contributed by atoms with Gasteiger partial charge in [0.2, 0.25) is 0 Å². The van der Waals surface area contributed by atoms with Crippen LogP contribution < -0.4 is 4.72 Å². The monoisotopic (exact) mass is 309 g/mol. The van der Waals surface area contributed by atoms with Crippen LogP contribution in [0.1, 0.15) is 0 Å². The molecule has 5 nitrogen and oxygen atoms in total. The first-order chi connectivity index (χ1) is 7.97. The van der Waals surface area contributed by atoms with Crippen LogP contribution in [-0.2, 0) is 10.0 Å². The zero-order chi connectivity index (χ0) is 12.5. The molecule has 0 aliphatic rings. The van der Waals surface area contributed by atoms with Crippen LogP contribution >= 0.6 is 34.5 Å². The van der Waals surface area contributed by atoms with Crippen molar-refractivity contribution < 1.29 is 8.42 Å². The van der Waals surface area contributed by atoms with Crippen molar-refractivity contribution in [3.63, 3.8) is 0 Å². The van der Waals surface area contributed by atoms with E-state index >= 15 is 0 Å². The molecule has 2 heterocycles. The van der Waals surface area contributed by atoms with E-state index in [2.05, 4.69) is 14.7 Å². The number of sulfonamides is 1. The minimum atomic E-state index is -3.67. The second-order valence-corrected chi connectivity index (χ2v) is 6.82. The van der Waals surface area contributed by atoms with Crippen molar-refractivity contribution in [2.45, 2.75) is 4.21 Å². The molecule has 90 valence electrons. The van der Waals surface area contributed by atoms with E-state index in [1.54, 1.807) is 0 Å². The molecular weight excluding hydrogens is 305 g/mol. The van der Waals surface area contributed by atoms with E-state index in [9.17, 15) is 8.42 Å². The van der Waals surface area contributed by atoms with Gasteiger partial charge in [0.1, 0.15) is 5.15 Å². The van der Waals surface area contributed by atoms with Gasteiger partial charge >= 0.3 is 0 Å².